The summed E-state index contributed by atoms with van der Waals surface area (Å²) in [6.45, 7) is 0. The van der Waals surface area contributed by atoms with E-state index in [1.165, 1.54) is 19.2 Å². The van der Waals surface area contributed by atoms with Crippen LogP contribution in [0.4, 0.5) is 4.39 Å². The SMILES string of the molecule is COc1cccc(-c2ccc(F)cc2)c1C=O. The van der Waals surface area contributed by atoms with Crippen molar-refractivity contribution in [2.24, 2.45) is 0 Å². The van der Waals surface area contributed by atoms with Crippen LogP contribution < -0.4 is 4.74 Å². The van der Waals surface area contributed by atoms with Crippen molar-refractivity contribution in [1.82, 2.24) is 0 Å². The number of carbonyl (C=O) groups is 1. The van der Waals surface area contributed by atoms with Gasteiger partial charge in [-0.25, -0.2) is 4.39 Å². The maximum atomic E-state index is 12.8. The number of methoxy groups -OCH3 is 1. The summed E-state index contributed by atoms with van der Waals surface area (Å²) in [6.07, 6.45) is 0.748. The van der Waals surface area contributed by atoms with Crippen LogP contribution in [-0.2, 0) is 0 Å². The van der Waals surface area contributed by atoms with Crippen LogP contribution >= 0.6 is 0 Å². The zero-order valence-electron chi connectivity index (χ0n) is 9.31. The van der Waals surface area contributed by atoms with E-state index in [2.05, 4.69) is 0 Å². The van der Waals surface area contributed by atoms with Gasteiger partial charge in [0.25, 0.3) is 0 Å². The Morgan fingerprint density at radius 2 is 1.82 bits per heavy atom. The fraction of sp³-hybridized carbons (Fsp3) is 0.0714. The topological polar surface area (TPSA) is 26.3 Å². The van der Waals surface area contributed by atoms with Gasteiger partial charge in [0.15, 0.2) is 6.29 Å². The number of rotatable bonds is 3. The molecule has 86 valence electrons. The van der Waals surface area contributed by atoms with Gasteiger partial charge < -0.3 is 4.74 Å². The van der Waals surface area contributed by atoms with E-state index in [0.29, 0.717) is 11.3 Å². The summed E-state index contributed by atoms with van der Waals surface area (Å²) >= 11 is 0. The van der Waals surface area contributed by atoms with Gasteiger partial charge in [-0.1, -0.05) is 24.3 Å². The third-order valence-electron chi connectivity index (χ3n) is 2.56. The van der Waals surface area contributed by atoms with Crippen molar-refractivity contribution in [3.8, 4) is 16.9 Å². The van der Waals surface area contributed by atoms with E-state index >= 15 is 0 Å². The predicted octanol–water partition coefficient (Wildman–Crippen LogP) is 3.31. The summed E-state index contributed by atoms with van der Waals surface area (Å²) in [5, 5.41) is 0. The zero-order valence-corrected chi connectivity index (χ0v) is 9.31. The third-order valence-corrected chi connectivity index (χ3v) is 2.56. The molecule has 0 N–H and O–H groups in total. The van der Waals surface area contributed by atoms with E-state index < -0.39 is 0 Å². The van der Waals surface area contributed by atoms with Crippen molar-refractivity contribution < 1.29 is 13.9 Å². The Bertz CT molecular complexity index is 532. The number of aldehydes is 1. The summed E-state index contributed by atoms with van der Waals surface area (Å²) in [4.78, 5) is 11.1. The summed E-state index contributed by atoms with van der Waals surface area (Å²) in [5.41, 5.74) is 1.99. The largest absolute Gasteiger partial charge is 0.496 e. The summed E-state index contributed by atoms with van der Waals surface area (Å²) in [6, 6.07) is 11.3. The lowest BCUT2D eigenvalue weighted by Crippen LogP contribution is -1.93. The van der Waals surface area contributed by atoms with E-state index in [-0.39, 0.29) is 5.82 Å². The van der Waals surface area contributed by atoms with E-state index in [1.54, 1.807) is 30.3 Å². The van der Waals surface area contributed by atoms with Crippen LogP contribution in [0.15, 0.2) is 42.5 Å². The minimum absolute atomic E-state index is 0.302. The molecule has 3 heteroatoms. The monoisotopic (exact) mass is 230 g/mol. The molecule has 0 saturated heterocycles. The van der Waals surface area contributed by atoms with Gasteiger partial charge in [0, 0.05) is 0 Å². The Morgan fingerprint density at radius 3 is 2.41 bits per heavy atom. The first-order valence-electron chi connectivity index (χ1n) is 5.14. The van der Waals surface area contributed by atoms with E-state index in [4.69, 9.17) is 4.74 Å². The molecule has 2 aromatic carbocycles. The molecule has 0 aliphatic rings. The van der Waals surface area contributed by atoms with Gasteiger partial charge >= 0.3 is 0 Å². The number of ether oxygens (including phenoxy) is 1. The Balaban J connectivity index is 2.58. The van der Waals surface area contributed by atoms with Crippen molar-refractivity contribution in [2.45, 2.75) is 0 Å². The number of carbonyl (C=O) groups excluding carboxylic acids is 1. The van der Waals surface area contributed by atoms with Crippen LogP contribution in [0, 0.1) is 5.82 Å². The highest BCUT2D eigenvalue weighted by Crippen LogP contribution is 2.29. The quantitative estimate of drug-likeness (QED) is 0.756. The molecule has 2 aromatic rings. The van der Waals surface area contributed by atoms with Gasteiger partial charge in [0.1, 0.15) is 11.6 Å². The lowest BCUT2D eigenvalue weighted by atomic mass is 10.00. The van der Waals surface area contributed by atoms with Crippen LogP contribution in [0.25, 0.3) is 11.1 Å². The Morgan fingerprint density at radius 1 is 1.12 bits per heavy atom. The molecule has 2 rings (SSSR count). The smallest absolute Gasteiger partial charge is 0.154 e. The van der Waals surface area contributed by atoms with Gasteiger partial charge in [-0.05, 0) is 29.3 Å². The molecule has 0 aliphatic carbocycles. The van der Waals surface area contributed by atoms with Gasteiger partial charge in [-0.2, -0.15) is 0 Å². The molecule has 0 radical (unpaired) electrons. The van der Waals surface area contributed by atoms with Crippen LogP contribution in [0.3, 0.4) is 0 Å². The first-order valence-corrected chi connectivity index (χ1v) is 5.14. The molecule has 2 nitrogen and oxygen atoms in total. The highest BCUT2D eigenvalue weighted by molar-refractivity contribution is 5.90. The van der Waals surface area contributed by atoms with Gasteiger partial charge in [-0.3, -0.25) is 4.79 Å². The molecule has 0 aliphatic heterocycles. The fourth-order valence-corrected chi connectivity index (χ4v) is 1.72. The molecular weight excluding hydrogens is 219 g/mol. The third kappa shape index (κ3) is 2.18. The summed E-state index contributed by atoms with van der Waals surface area (Å²) in [7, 11) is 1.51. The molecule has 0 spiro atoms. The van der Waals surface area contributed by atoms with E-state index in [9.17, 15) is 9.18 Å². The lowest BCUT2D eigenvalue weighted by Gasteiger charge is -2.09. The first kappa shape index (κ1) is 11.3. The van der Waals surface area contributed by atoms with Crippen LogP contribution in [0.5, 0.6) is 5.75 Å². The second kappa shape index (κ2) is 4.78. The molecule has 0 amide bonds. The number of halogens is 1. The van der Waals surface area contributed by atoms with Crippen LogP contribution in [-0.4, -0.2) is 13.4 Å². The molecule has 0 bridgehead atoms. The molecule has 0 saturated carbocycles. The van der Waals surface area contributed by atoms with Crippen molar-refractivity contribution in [1.29, 1.82) is 0 Å². The summed E-state index contributed by atoms with van der Waals surface area (Å²) < 4.78 is 18.0. The normalized spacial score (nSPS) is 10.0. The maximum absolute atomic E-state index is 12.8. The van der Waals surface area contributed by atoms with Crippen molar-refractivity contribution in [3.05, 3.63) is 53.8 Å². The van der Waals surface area contributed by atoms with E-state index in [1.807, 2.05) is 0 Å². The molecule has 0 unspecified atom stereocenters. The van der Waals surface area contributed by atoms with Crippen molar-refractivity contribution >= 4 is 6.29 Å². The molecule has 0 fully saturated rings. The lowest BCUT2D eigenvalue weighted by molar-refractivity contribution is 0.112. The average molecular weight is 230 g/mol. The van der Waals surface area contributed by atoms with E-state index in [0.717, 1.165) is 17.4 Å². The van der Waals surface area contributed by atoms with Crippen molar-refractivity contribution in [2.75, 3.05) is 7.11 Å². The molecule has 0 aromatic heterocycles. The standard InChI is InChI=1S/C14H11FO2/c1-17-14-4-2-3-12(13(14)9-16)10-5-7-11(15)8-6-10/h2-9H,1H3. The number of benzene rings is 2. The first-order chi connectivity index (χ1) is 8.26. The highest BCUT2D eigenvalue weighted by Gasteiger charge is 2.09. The minimum Gasteiger partial charge on any atom is -0.496 e. The minimum atomic E-state index is -0.302. The Hall–Kier alpha value is -2.16. The maximum Gasteiger partial charge on any atom is 0.154 e. The van der Waals surface area contributed by atoms with Crippen LogP contribution in [0.2, 0.25) is 0 Å². The van der Waals surface area contributed by atoms with Crippen molar-refractivity contribution in [3.63, 3.8) is 0 Å². The molecular formula is C14H11FO2. The van der Waals surface area contributed by atoms with Gasteiger partial charge in [0.2, 0.25) is 0 Å². The fourth-order valence-electron chi connectivity index (χ4n) is 1.72. The molecule has 0 atom stereocenters. The second-order valence-corrected chi connectivity index (χ2v) is 3.55. The second-order valence-electron chi connectivity index (χ2n) is 3.55. The number of hydrogen-bond acceptors (Lipinski definition) is 2. The highest BCUT2D eigenvalue weighted by atomic mass is 19.1. The Kier molecular flexibility index (Phi) is 3.19. The van der Waals surface area contributed by atoms with Crippen LogP contribution in [0.1, 0.15) is 10.4 Å². The average Bonchev–Trinajstić information content (AvgIpc) is 2.38. The molecule has 0 heterocycles. The van der Waals surface area contributed by atoms with Gasteiger partial charge in [-0.15, -0.1) is 0 Å². The van der Waals surface area contributed by atoms with Gasteiger partial charge in [0.05, 0.1) is 12.7 Å². The molecule has 17 heavy (non-hydrogen) atoms. The predicted molar refractivity (Wildman–Crippen MR) is 63.8 cm³/mol. The zero-order chi connectivity index (χ0) is 12.3. The number of hydrogen-bond donors (Lipinski definition) is 0. The Labute approximate surface area is 98.7 Å². The summed E-state index contributed by atoms with van der Waals surface area (Å²) in [5.74, 6) is 0.214.